The lowest BCUT2D eigenvalue weighted by atomic mass is 9.98. The summed E-state index contributed by atoms with van der Waals surface area (Å²) in [6, 6.07) is 15.0. The minimum Gasteiger partial charge on any atom is -0.392 e. The minimum atomic E-state index is -0.111. The lowest BCUT2D eigenvalue weighted by molar-refractivity contribution is 0.0963. The van der Waals surface area contributed by atoms with Gasteiger partial charge in [-0.15, -0.1) is 0 Å². The summed E-state index contributed by atoms with van der Waals surface area (Å²) >= 11 is 0. The molecule has 3 nitrogen and oxygen atoms in total. The molecular formula is C15H15NO2. The molecule has 0 aliphatic rings. The standard InChI is InChI=1S/C15H15NO2/c1-16-15(18)14-8-3-2-7-13(14)12-6-4-5-11(9-12)10-17/h2-9,17H,10H2,1H3,(H,16,18). The van der Waals surface area contributed by atoms with Gasteiger partial charge in [0, 0.05) is 12.6 Å². The van der Waals surface area contributed by atoms with E-state index in [1.54, 1.807) is 13.1 Å². The van der Waals surface area contributed by atoms with Crippen LogP contribution in [0.25, 0.3) is 11.1 Å². The molecule has 0 saturated carbocycles. The number of amides is 1. The van der Waals surface area contributed by atoms with Crippen LogP contribution in [0.4, 0.5) is 0 Å². The molecule has 3 heteroatoms. The maximum atomic E-state index is 11.8. The molecule has 0 aromatic heterocycles. The molecule has 2 aromatic carbocycles. The number of carbonyl (C=O) groups excluding carboxylic acids is 1. The van der Waals surface area contributed by atoms with Crippen LogP contribution in [0.5, 0.6) is 0 Å². The zero-order chi connectivity index (χ0) is 13.0. The average Bonchev–Trinajstić information content (AvgIpc) is 2.46. The van der Waals surface area contributed by atoms with Crippen molar-refractivity contribution in [3.63, 3.8) is 0 Å². The van der Waals surface area contributed by atoms with Crippen LogP contribution < -0.4 is 5.32 Å². The summed E-state index contributed by atoms with van der Waals surface area (Å²) in [7, 11) is 1.61. The van der Waals surface area contributed by atoms with Gasteiger partial charge in [-0.1, -0.05) is 36.4 Å². The minimum absolute atomic E-state index is 0.00399. The zero-order valence-corrected chi connectivity index (χ0v) is 10.2. The summed E-state index contributed by atoms with van der Waals surface area (Å²) < 4.78 is 0. The molecular weight excluding hydrogens is 226 g/mol. The van der Waals surface area contributed by atoms with Gasteiger partial charge >= 0.3 is 0 Å². The van der Waals surface area contributed by atoms with Crippen molar-refractivity contribution in [1.29, 1.82) is 0 Å². The average molecular weight is 241 g/mol. The quantitative estimate of drug-likeness (QED) is 0.865. The van der Waals surface area contributed by atoms with E-state index in [4.69, 9.17) is 5.11 Å². The Labute approximate surface area is 106 Å². The van der Waals surface area contributed by atoms with Gasteiger partial charge in [0.15, 0.2) is 0 Å². The Hall–Kier alpha value is -2.13. The van der Waals surface area contributed by atoms with E-state index in [9.17, 15) is 4.79 Å². The predicted molar refractivity (Wildman–Crippen MR) is 71.2 cm³/mol. The van der Waals surface area contributed by atoms with Crippen molar-refractivity contribution >= 4 is 5.91 Å². The van der Waals surface area contributed by atoms with Crippen LogP contribution in [-0.4, -0.2) is 18.1 Å². The third kappa shape index (κ3) is 2.41. The van der Waals surface area contributed by atoms with E-state index in [-0.39, 0.29) is 12.5 Å². The second-order valence-electron chi connectivity index (χ2n) is 3.98. The van der Waals surface area contributed by atoms with Gasteiger partial charge in [0.05, 0.1) is 6.61 Å². The summed E-state index contributed by atoms with van der Waals surface area (Å²) in [5.41, 5.74) is 3.27. The summed E-state index contributed by atoms with van der Waals surface area (Å²) in [5.74, 6) is -0.111. The van der Waals surface area contributed by atoms with Crippen LogP contribution in [0.1, 0.15) is 15.9 Å². The van der Waals surface area contributed by atoms with E-state index in [1.807, 2.05) is 42.5 Å². The number of hydrogen-bond donors (Lipinski definition) is 2. The zero-order valence-electron chi connectivity index (χ0n) is 10.2. The maximum Gasteiger partial charge on any atom is 0.251 e. The Bertz CT molecular complexity index is 564. The fourth-order valence-electron chi connectivity index (χ4n) is 1.90. The molecule has 2 rings (SSSR count). The van der Waals surface area contributed by atoms with Crippen LogP contribution in [0.3, 0.4) is 0 Å². The number of carbonyl (C=O) groups is 1. The molecule has 0 heterocycles. The second kappa shape index (κ2) is 5.47. The number of rotatable bonds is 3. The largest absolute Gasteiger partial charge is 0.392 e. The van der Waals surface area contributed by atoms with Crippen molar-refractivity contribution in [1.82, 2.24) is 5.32 Å². The van der Waals surface area contributed by atoms with E-state index in [2.05, 4.69) is 5.32 Å². The van der Waals surface area contributed by atoms with Gasteiger partial charge in [-0.3, -0.25) is 4.79 Å². The van der Waals surface area contributed by atoms with E-state index in [0.717, 1.165) is 16.7 Å². The van der Waals surface area contributed by atoms with Gasteiger partial charge in [0.2, 0.25) is 0 Å². The number of aliphatic hydroxyl groups excluding tert-OH is 1. The van der Waals surface area contributed by atoms with Crippen molar-refractivity contribution in [3.8, 4) is 11.1 Å². The van der Waals surface area contributed by atoms with Crippen LogP contribution in [-0.2, 0) is 6.61 Å². The topological polar surface area (TPSA) is 49.3 Å². The molecule has 0 unspecified atom stereocenters. The highest BCUT2D eigenvalue weighted by atomic mass is 16.3. The molecule has 0 saturated heterocycles. The summed E-state index contributed by atoms with van der Waals surface area (Å²) in [4.78, 5) is 11.8. The highest BCUT2D eigenvalue weighted by molar-refractivity contribution is 6.00. The van der Waals surface area contributed by atoms with Crippen molar-refractivity contribution in [3.05, 3.63) is 59.7 Å². The van der Waals surface area contributed by atoms with Gasteiger partial charge in [-0.05, 0) is 28.8 Å². The molecule has 0 aliphatic carbocycles. The van der Waals surface area contributed by atoms with Gasteiger partial charge in [0.25, 0.3) is 5.91 Å². The monoisotopic (exact) mass is 241 g/mol. The molecule has 0 radical (unpaired) electrons. The first-order valence-corrected chi connectivity index (χ1v) is 5.77. The molecule has 92 valence electrons. The van der Waals surface area contributed by atoms with Crippen LogP contribution in [0, 0.1) is 0 Å². The molecule has 1 amide bonds. The lowest BCUT2D eigenvalue weighted by Crippen LogP contribution is -2.18. The fraction of sp³-hybridized carbons (Fsp3) is 0.133. The highest BCUT2D eigenvalue weighted by Gasteiger charge is 2.10. The van der Waals surface area contributed by atoms with Crippen molar-refractivity contribution in [2.45, 2.75) is 6.61 Å². The second-order valence-corrected chi connectivity index (χ2v) is 3.98. The molecule has 2 N–H and O–H groups in total. The van der Waals surface area contributed by atoms with Gasteiger partial charge in [-0.2, -0.15) is 0 Å². The molecule has 0 spiro atoms. The molecule has 0 bridgehead atoms. The molecule has 0 aliphatic heterocycles. The highest BCUT2D eigenvalue weighted by Crippen LogP contribution is 2.24. The number of aliphatic hydroxyl groups is 1. The fourth-order valence-corrected chi connectivity index (χ4v) is 1.90. The van der Waals surface area contributed by atoms with Crippen LogP contribution >= 0.6 is 0 Å². The third-order valence-electron chi connectivity index (χ3n) is 2.82. The predicted octanol–water partition coefficient (Wildman–Crippen LogP) is 2.21. The maximum absolute atomic E-state index is 11.8. The first-order valence-electron chi connectivity index (χ1n) is 5.77. The van der Waals surface area contributed by atoms with E-state index < -0.39 is 0 Å². The Morgan fingerprint density at radius 2 is 1.94 bits per heavy atom. The Morgan fingerprint density at radius 1 is 1.17 bits per heavy atom. The summed E-state index contributed by atoms with van der Waals surface area (Å²) in [6.45, 7) is -0.00399. The molecule has 2 aromatic rings. The number of nitrogens with one attached hydrogen (secondary N) is 1. The lowest BCUT2D eigenvalue weighted by Gasteiger charge is -2.09. The van der Waals surface area contributed by atoms with E-state index >= 15 is 0 Å². The third-order valence-corrected chi connectivity index (χ3v) is 2.82. The molecule has 18 heavy (non-hydrogen) atoms. The Balaban J connectivity index is 2.53. The van der Waals surface area contributed by atoms with Crippen LogP contribution in [0.2, 0.25) is 0 Å². The first kappa shape index (κ1) is 12.3. The van der Waals surface area contributed by atoms with Crippen molar-refractivity contribution in [2.75, 3.05) is 7.05 Å². The number of benzene rings is 2. The molecule has 0 atom stereocenters. The number of hydrogen-bond acceptors (Lipinski definition) is 2. The SMILES string of the molecule is CNC(=O)c1ccccc1-c1cccc(CO)c1. The van der Waals surface area contributed by atoms with Gasteiger partial charge in [0.1, 0.15) is 0 Å². The van der Waals surface area contributed by atoms with E-state index in [0.29, 0.717) is 5.56 Å². The van der Waals surface area contributed by atoms with Gasteiger partial charge < -0.3 is 10.4 Å². The Kier molecular flexibility index (Phi) is 3.75. The van der Waals surface area contributed by atoms with E-state index in [1.165, 1.54) is 0 Å². The summed E-state index contributed by atoms with van der Waals surface area (Å²) in [6.07, 6.45) is 0. The van der Waals surface area contributed by atoms with Crippen molar-refractivity contribution in [2.24, 2.45) is 0 Å². The Morgan fingerprint density at radius 3 is 2.67 bits per heavy atom. The summed E-state index contributed by atoms with van der Waals surface area (Å²) in [5, 5.41) is 11.8. The van der Waals surface area contributed by atoms with Crippen molar-refractivity contribution < 1.29 is 9.90 Å². The smallest absolute Gasteiger partial charge is 0.251 e. The normalized spacial score (nSPS) is 10.1. The first-order chi connectivity index (χ1) is 8.76. The van der Waals surface area contributed by atoms with Gasteiger partial charge in [-0.25, -0.2) is 0 Å². The van der Waals surface area contributed by atoms with Crippen LogP contribution in [0.15, 0.2) is 48.5 Å². The molecule has 0 fully saturated rings.